The lowest BCUT2D eigenvalue weighted by molar-refractivity contribution is -0.131. The number of hydrogen-bond acceptors (Lipinski definition) is 6. The third-order valence-electron chi connectivity index (χ3n) is 5.07. The third-order valence-corrected chi connectivity index (χ3v) is 7.10. The molecule has 10 heteroatoms. The molecule has 0 spiro atoms. The van der Waals surface area contributed by atoms with Gasteiger partial charge in [-0.1, -0.05) is 24.3 Å². The highest BCUT2D eigenvalue weighted by atomic mass is 32.2. The normalized spacial score (nSPS) is 13.8. The van der Waals surface area contributed by atoms with E-state index >= 15 is 0 Å². The van der Waals surface area contributed by atoms with Crippen molar-refractivity contribution in [2.24, 2.45) is 0 Å². The first-order chi connectivity index (χ1) is 13.9. The Morgan fingerprint density at radius 3 is 2.37 bits per heavy atom. The average molecular weight is 440 g/mol. The van der Waals surface area contributed by atoms with Crippen LogP contribution in [0.2, 0.25) is 0 Å². The number of amides is 1. The van der Waals surface area contributed by atoms with Crippen LogP contribution in [0.5, 0.6) is 0 Å². The van der Waals surface area contributed by atoms with E-state index in [-0.39, 0.29) is 18.5 Å². The maximum atomic E-state index is 14.7. The van der Waals surface area contributed by atoms with Crippen LogP contribution in [0.1, 0.15) is 18.9 Å². The van der Waals surface area contributed by atoms with Gasteiger partial charge in [0.2, 0.25) is 0 Å². The Hall–Kier alpha value is -2.56. The Balaban J connectivity index is 2.30. The summed E-state index contributed by atoms with van der Waals surface area (Å²) in [4.78, 5) is 26.4. The van der Waals surface area contributed by atoms with Crippen molar-refractivity contribution < 1.29 is 22.8 Å². The number of aromatic nitrogens is 1. The third kappa shape index (κ3) is 5.13. The molecule has 164 valence electrons. The number of benzene rings is 1. The first-order valence-electron chi connectivity index (χ1n) is 9.17. The van der Waals surface area contributed by atoms with Gasteiger partial charge in [0.1, 0.15) is 5.82 Å². The molecule has 8 nitrogen and oxygen atoms in total. The maximum absolute atomic E-state index is 14.7. The summed E-state index contributed by atoms with van der Waals surface area (Å²) in [6.45, 7) is 1.64. The molecule has 30 heavy (non-hydrogen) atoms. The first-order valence-corrected chi connectivity index (χ1v) is 11.1. The van der Waals surface area contributed by atoms with Crippen LogP contribution in [0.3, 0.4) is 0 Å². The molecule has 0 aliphatic carbocycles. The van der Waals surface area contributed by atoms with Crippen LogP contribution >= 0.6 is 0 Å². The summed E-state index contributed by atoms with van der Waals surface area (Å²) in [5, 5.41) is 8.86. The van der Waals surface area contributed by atoms with Crippen LogP contribution in [0.4, 0.5) is 4.39 Å². The first kappa shape index (κ1) is 23.7. The van der Waals surface area contributed by atoms with E-state index in [0.717, 1.165) is 42.1 Å². The molecule has 0 bridgehead atoms. The molecule has 0 radical (unpaired) electrons. The average Bonchev–Trinajstić information content (AvgIpc) is 2.66. The minimum Gasteiger partial charge on any atom is -0.312 e. The highest BCUT2D eigenvalue weighted by Gasteiger charge is 2.43. The fraction of sp³-hybridized carbons (Fsp3) is 0.400. The molecular weight excluding hydrogens is 413 g/mol. The summed E-state index contributed by atoms with van der Waals surface area (Å²) in [6, 6.07) is 8.30. The topological polar surface area (TPSA) is 109 Å². The summed E-state index contributed by atoms with van der Waals surface area (Å²) in [5.41, 5.74) is 2.51. The molecule has 1 aromatic heterocycles. The second-order valence-corrected chi connectivity index (χ2v) is 10.1. The monoisotopic (exact) mass is 439 g/mol. The fourth-order valence-electron chi connectivity index (χ4n) is 3.02. The van der Waals surface area contributed by atoms with E-state index < -0.39 is 31.9 Å². The number of carbonyl (C=O) groups is 1. The number of nitrogens with zero attached hydrogens (tertiary/aromatic N) is 2. The van der Waals surface area contributed by atoms with E-state index in [2.05, 4.69) is 0 Å². The van der Waals surface area contributed by atoms with Gasteiger partial charge in [0.25, 0.3) is 11.5 Å². The van der Waals surface area contributed by atoms with E-state index in [9.17, 15) is 22.4 Å². The Bertz CT molecular complexity index is 1080. The summed E-state index contributed by atoms with van der Waals surface area (Å²) in [7, 11) is -0.0441. The molecule has 1 unspecified atom stereocenters. The SMILES string of the molecule is CN(C)Cc1ccc(-c2cc(=O)n(CCC(C)(C(=O)NO)S(C)(=O)=O)cc2F)cc1. The molecule has 1 atom stereocenters. The number of nitrogens with one attached hydrogen (secondary N) is 1. The number of aryl methyl sites for hydroxylation is 1. The number of carbonyl (C=O) groups excluding carboxylic acids is 1. The van der Waals surface area contributed by atoms with Gasteiger partial charge < -0.3 is 9.47 Å². The van der Waals surface area contributed by atoms with Crippen LogP contribution in [-0.2, 0) is 27.7 Å². The summed E-state index contributed by atoms with van der Waals surface area (Å²) < 4.78 is 37.8. The van der Waals surface area contributed by atoms with Gasteiger partial charge in [0, 0.05) is 37.2 Å². The van der Waals surface area contributed by atoms with Crippen LogP contribution in [0, 0.1) is 5.82 Å². The van der Waals surface area contributed by atoms with Crippen LogP contribution < -0.4 is 11.0 Å². The number of rotatable bonds is 8. The number of sulfone groups is 1. The standard InChI is InChI=1S/C20H26FN3O5S/c1-20(19(26)22-27,30(4,28)29)9-10-24-13-17(21)16(11-18(24)25)15-7-5-14(6-8-15)12-23(2)3/h5-8,11,13,27H,9-10,12H2,1-4H3,(H,22,26). The molecule has 0 saturated heterocycles. The minimum absolute atomic E-state index is 0.131. The largest absolute Gasteiger partial charge is 0.312 e. The number of pyridine rings is 1. The molecule has 0 aliphatic rings. The molecule has 2 rings (SSSR count). The Labute approximate surface area is 174 Å². The zero-order valence-corrected chi connectivity index (χ0v) is 18.2. The fourth-order valence-corrected chi connectivity index (χ4v) is 3.86. The number of hydrogen-bond donors (Lipinski definition) is 2. The molecule has 2 aromatic rings. The molecule has 0 aliphatic heterocycles. The lowest BCUT2D eigenvalue weighted by Crippen LogP contribution is -2.50. The van der Waals surface area contributed by atoms with Crippen molar-refractivity contribution in [1.29, 1.82) is 0 Å². The lowest BCUT2D eigenvalue weighted by Gasteiger charge is -2.25. The summed E-state index contributed by atoms with van der Waals surface area (Å²) in [5.74, 6) is -1.77. The van der Waals surface area contributed by atoms with Crippen molar-refractivity contribution in [2.45, 2.75) is 31.2 Å². The van der Waals surface area contributed by atoms with Gasteiger partial charge in [-0.2, -0.15) is 0 Å². The van der Waals surface area contributed by atoms with Crippen molar-refractivity contribution in [1.82, 2.24) is 14.9 Å². The van der Waals surface area contributed by atoms with Gasteiger partial charge in [0.05, 0.1) is 0 Å². The Morgan fingerprint density at radius 2 is 1.87 bits per heavy atom. The molecule has 1 aromatic carbocycles. The van der Waals surface area contributed by atoms with Crippen molar-refractivity contribution in [3.05, 3.63) is 58.3 Å². The second kappa shape index (κ2) is 9.07. The van der Waals surface area contributed by atoms with E-state index in [1.165, 1.54) is 5.48 Å². The summed E-state index contributed by atoms with van der Waals surface area (Å²) >= 11 is 0. The second-order valence-electron chi connectivity index (χ2n) is 7.70. The highest BCUT2D eigenvalue weighted by molar-refractivity contribution is 7.92. The van der Waals surface area contributed by atoms with E-state index in [1.54, 1.807) is 12.1 Å². The van der Waals surface area contributed by atoms with Crippen LogP contribution in [0.25, 0.3) is 11.1 Å². The quantitative estimate of drug-likeness (QED) is 0.476. The summed E-state index contributed by atoms with van der Waals surface area (Å²) in [6.07, 6.45) is 1.52. The van der Waals surface area contributed by atoms with Gasteiger partial charge in [-0.3, -0.25) is 14.8 Å². The zero-order chi connectivity index (χ0) is 22.7. The van der Waals surface area contributed by atoms with Crippen LogP contribution in [-0.4, -0.2) is 54.1 Å². The molecule has 2 N–H and O–H groups in total. The van der Waals surface area contributed by atoms with E-state index in [1.807, 2.05) is 31.1 Å². The molecule has 1 amide bonds. The predicted molar refractivity (Wildman–Crippen MR) is 111 cm³/mol. The molecular formula is C20H26FN3O5S. The zero-order valence-electron chi connectivity index (χ0n) is 17.3. The Kier molecular flexibility index (Phi) is 7.17. The van der Waals surface area contributed by atoms with E-state index in [4.69, 9.17) is 5.21 Å². The smallest absolute Gasteiger partial charge is 0.264 e. The van der Waals surface area contributed by atoms with Crippen molar-refractivity contribution in [2.75, 3.05) is 20.4 Å². The number of hydroxylamine groups is 1. The maximum Gasteiger partial charge on any atom is 0.264 e. The van der Waals surface area contributed by atoms with Crippen LogP contribution in [0.15, 0.2) is 41.3 Å². The molecule has 0 saturated carbocycles. The van der Waals surface area contributed by atoms with Crippen molar-refractivity contribution >= 4 is 15.7 Å². The van der Waals surface area contributed by atoms with Gasteiger partial charge >= 0.3 is 0 Å². The lowest BCUT2D eigenvalue weighted by atomic mass is 10.0. The molecule has 0 fully saturated rings. The van der Waals surface area contributed by atoms with E-state index in [0.29, 0.717) is 5.56 Å². The van der Waals surface area contributed by atoms with Crippen molar-refractivity contribution in [3.63, 3.8) is 0 Å². The van der Waals surface area contributed by atoms with Gasteiger partial charge in [-0.05, 0) is 38.6 Å². The van der Waals surface area contributed by atoms with Gasteiger partial charge in [-0.25, -0.2) is 18.3 Å². The van der Waals surface area contributed by atoms with Crippen molar-refractivity contribution in [3.8, 4) is 11.1 Å². The number of halogens is 1. The minimum atomic E-state index is -3.92. The predicted octanol–water partition coefficient (Wildman–Crippen LogP) is 1.41. The molecule has 1 heterocycles. The highest BCUT2D eigenvalue weighted by Crippen LogP contribution is 2.24. The van der Waals surface area contributed by atoms with Gasteiger partial charge in [0.15, 0.2) is 14.6 Å². The Morgan fingerprint density at radius 1 is 1.27 bits per heavy atom. The van der Waals surface area contributed by atoms with Gasteiger partial charge in [-0.15, -0.1) is 0 Å².